The number of ketones is 1. The van der Waals surface area contributed by atoms with Crippen LogP contribution in [0.4, 0.5) is 9.59 Å². The van der Waals surface area contributed by atoms with Crippen molar-refractivity contribution in [3.05, 3.63) is 12.7 Å². The van der Waals surface area contributed by atoms with Crippen LogP contribution in [0.3, 0.4) is 0 Å². The summed E-state index contributed by atoms with van der Waals surface area (Å²) in [5.41, 5.74) is -1.42. The van der Waals surface area contributed by atoms with E-state index < -0.39 is 70.6 Å². The molecule has 1 saturated heterocycles. The average Bonchev–Trinajstić information content (AvgIpc) is 3.26. The van der Waals surface area contributed by atoms with Crippen LogP contribution in [0.2, 0.25) is 0 Å². The lowest BCUT2D eigenvalue weighted by Crippen LogP contribution is -2.62. The molecule has 0 aromatic heterocycles. The van der Waals surface area contributed by atoms with Crippen LogP contribution >= 0.6 is 0 Å². The van der Waals surface area contributed by atoms with Gasteiger partial charge in [-0.05, 0) is 34.5 Å². The van der Waals surface area contributed by atoms with Gasteiger partial charge in [-0.2, -0.15) is 0 Å². The number of rotatable bonds is 13. The molecular formula is C32H54N6O7. The predicted molar refractivity (Wildman–Crippen MR) is 170 cm³/mol. The second-order valence-corrected chi connectivity index (χ2v) is 14.8. The number of carbonyl (C=O) groups excluding carboxylic acids is 6. The smallest absolute Gasteiger partial charge is 0.406 e. The number of nitrogens with one attached hydrogen (secondary N) is 5. The van der Waals surface area contributed by atoms with Crippen molar-refractivity contribution >= 4 is 35.6 Å². The highest BCUT2D eigenvalue weighted by molar-refractivity contribution is 6.38. The number of alkyl carbamates (subject to hydrolysis) is 1. The lowest BCUT2D eigenvalue weighted by atomic mass is 9.85. The van der Waals surface area contributed by atoms with Crippen LogP contribution in [0, 0.1) is 28.1 Å². The van der Waals surface area contributed by atoms with Crippen molar-refractivity contribution in [3.63, 3.8) is 0 Å². The Morgan fingerprint density at radius 1 is 1.00 bits per heavy atom. The van der Waals surface area contributed by atoms with Crippen molar-refractivity contribution in [1.82, 2.24) is 31.5 Å². The van der Waals surface area contributed by atoms with Gasteiger partial charge in [0.15, 0.2) is 0 Å². The monoisotopic (exact) mass is 634 g/mol. The fourth-order valence-corrected chi connectivity index (χ4v) is 5.92. The Hall–Kier alpha value is -3.64. The largest absolute Gasteiger partial charge is 0.447 e. The Bertz CT molecular complexity index is 1160. The van der Waals surface area contributed by atoms with E-state index in [2.05, 4.69) is 33.2 Å². The van der Waals surface area contributed by atoms with Gasteiger partial charge in [0.25, 0.3) is 5.91 Å². The van der Waals surface area contributed by atoms with Crippen LogP contribution in [-0.2, 0) is 23.9 Å². The van der Waals surface area contributed by atoms with Gasteiger partial charge in [0.1, 0.15) is 18.7 Å². The SMILES string of the molecule is C=CCNC(=O)C(=O)C(CCC)NC(=O)[C@@H]1C2C(CN1C(=O)[C@@H](NC(=O)N[C@@H](COC(=O)NC)C(C)(C)C)C(C)(C)C)C2(C)C. The van der Waals surface area contributed by atoms with E-state index in [0.717, 1.165) is 0 Å². The van der Waals surface area contributed by atoms with Crippen molar-refractivity contribution in [2.45, 2.75) is 99.3 Å². The van der Waals surface area contributed by atoms with E-state index in [1.807, 2.05) is 62.3 Å². The molecule has 0 radical (unpaired) electrons. The highest BCUT2D eigenvalue weighted by Crippen LogP contribution is 2.65. The van der Waals surface area contributed by atoms with Crippen LogP contribution < -0.4 is 26.6 Å². The zero-order valence-electron chi connectivity index (χ0n) is 28.6. The van der Waals surface area contributed by atoms with E-state index in [-0.39, 0.29) is 36.8 Å². The topological polar surface area (TPSA) is 175 Å². The summed E-state index contributed by atoms with van der Waals surface area (Å²) in [5, 5.41) is 13.3. The summed E-state index contributed by atoms with van der Waals surface area (Å²) < 4.78 is 5.19. The van der Waals surface area contributed by atoms with Gasteiger partial charge in [0, 0.05) is 20.1 Å². The Kier molecular flexibility index (Phi) is 12.2. The standard InChI is InChI=1S/C32H54N6O7/c1-12-14-19(23(39)26(41)34-15-13-2)35-25(40)22-21-18(32(21,9)10)16-38(22)27(42)24(31(6,7)8)37-28(43)36-20(30(3,4)5)17-45-29(44)33-11/h13,18-22,24H,2,12,14-17H2,1,3-11H3,(H,33,44)(H,34,41)(H,35,40)(H2,36,37,43)/t18?,19?,20-,21?,22-,24+/m0/s1. The highest BCUT2D eigenvalue weighted by Gasteiger charge is 2.70. The number of ether oxygens (including phenoxy) is 1. The molecule has 254 valence electrons. The van der Waals surface area contributed by atoms with Crippen molar-refractivity contribution in [2.75, 3.05) is 26.7 Å². The summed E-state index contributed by atoms with van der Waals surface area (Å²) in [6.45, 7) is 20.9. The molecule has 6 amide bonds. The number of urea groups is 1. The fraction of sp³-hybridized carbons (Fsp3) is 0.750. The van der Waals surface area contributed by atoms with Gasteiger partial charge in [-0.3, -0.25) is 19.2 Å². The summed E-state index contributed by atoms with van der Waals surface area (Å²) in [7, 11) is 1.44. The maximum Gasteiger partial charge on any atom is 0.406 e. The van der Waals surface area contributed by atoms with Gasteiger partial charge in [0.2, 0.25) is 17.6 Å². The van der Waals surface area contributed by atoms with Crippen LogP contribution in [-0.4, -0.2) is 91.4 Å². The number of likely N-dealkylation sites (tertiary alicyclic amines) is 1. The van der Waals surface area contributed by atoms with E-state index in [9.17, 15) is 28.8 Å². The number of piperidine rings is 1. The van der Waals surface area contributed by atoms with Crippen molar-refractivity contribution < 1.29 is 33.5 Å². The minimum absolute atomic E-state index is 0.0648. The highest BCUT2D eigenvalue weighted by atomic mass is 16.5. The first-order chi connectivity index (χ1) is 20.7. The summed E-state index contributed by atoms with van der Waals surface area (Å²) in [4.78, 5) is 79.9. The number of hydrogen-bond donors (Lipinski definition) is 5. The molecule has 0 spiro atoms. The Morgan fingerprint density at radius 3 is 2.13 bits per heavy atom. The molecule has 2 rings (SSSR count). The van der Waals surface area contributed by atoms with Gasteiger partial charge in [-0.1, -0.05) is 74.8 Å². The van der Waals surface area contributed by atoms with Crippen molar-refractivity contribution in [1.29, 1.82) is 0 Å². The van der Waals surface area contributed by atoms with E-state index in [1.165, 1.54) is 18.0 Å². The average molecular weight is 635 g/mol. The molecule has 0 aromatic carbocycles. The molecule has 6 atom stereocenters. The minimum Gasteiger partial charge on any atom is -0.447 e. The van der Waals surface area contributed by atoms with Crippen molar-refractivity contribution in [3.8, 4) is 0 Å². The molecule has 5 N–H and O–H groups in total. The van der Waals surface area contributed by atoms with Gasteiger partial charge >= 0.3 is 12.1 Å². The van der Waals surface area contributed by atoms with E-state index in [4.69, 9.17) is 4.74 Å². The van der Waals surface area contributed by atoms with E-state index in [0.29, 0.717) is 13.0 Å². The normalized spacial score (nSPS) is 22.1. The third kappa shape index (κ3) is 9.20. The first-order valence-corrected chi connectivity index (χ1v) is 15.7. The molecular weight excluding hydrogens is 580 g/mol. The molecule has 0 aromatic rings. The van der Waals surface area contributed by atoms with E-state index in [1.54, 1.807) is 0 Å². The third-order valence-corrected chi connectivity index (χ3v) is 8.93. The first kappa shape index (κ1) is 37.5. The lowest BCUT2D eigenvalue weighted by molar-refractivity contribution is -0.145. The summed E-state index contributed by atoms with van der Waals surface area (Å²) in [5.74, 6) is -2.56. The molecule has 13 nitrogen and oxygen atoms in total. The molecule has 13 heteroatoms. The number of hydrogen-bond acceptors (Lipinski definition) is 7. The molecule has 1 aliphatic carbocycles. The van der Waals surface area contributed by atoms with Crippen LogP contribution in [0.25, 0.3) is 0 Å². The number of carbonyl (C=O) groups is 6. The zero-order chi connectivity index (χ0) is 34.5. The molecule has 0 bridgehead atoms. The maximum absolute atomic E-state index is 14.2. The first-order valence-electron chi connectivity index (χ1n) is 15.7. The van der Waals surface area contributed by atoms with Crippen molar-refractivity contribution in [2.24, 2.45) is 28.1 Å². The van der Waals surface area contributed by atoms with Crippen LogP contribution in [0.5, 0.6) is 0 Å². The molecule has 3 unspecified atom stereocenters. The minimum atomic E-state index is -1.04. The molecule has 2 fully saturated rings. The predicted octanol–water partition coefficient (Wildman–Crippen LogP) is 2.11. The van der Waals surface area contributed by atoms with Gasteiger partial charge in [-0.25, -0.2) is 9.59 Å². The Morgan fingerprint density at radius 2 is 1.62 bits per heavy atom. The molecule has 1 aliphatic heterocycles. The molecule has 1 saturated carbocycles. The fourth-order valence-electron chi connectivity index (χ4n) is 5.92. The maximum atomic E-state index is 14.2. The second kappa shape index (κ2) is 14.6. The Balaban J connectivity index is 2.30. The van der Waals surface area contributed by atoms with Crippen LogP contribution in [0.15, 0.2) is 12.7 Å². The lowest BCUT2D eigenvalue weighted by Gasteiger charge is -2.38. The summed E-state index contributed by atoms with van der Waals surface area (Å²) in [6.07, 6.45) is 1.63. The summed E-state index contributed by atoms with van der Waals surface area (Å²) >= 11 is 0. The Labute approximate surface area is 267 Å². The summed E-state index contributed by atoms with van der Waals surface area (Å²) in [6, 6.07) is -4.11. The number of fused-ring (bicyclic) bond motifs is 1. The second-order valence-electron chi connectivity index (χ2n) is 14.8. The third-order valence-electron chi connectivity index (χ3n) is 8.93. The van der Waals surface area contributed by atoms with Gasteiger partial charge < -0.3 is 36.2 Å². The quantitative estimate of drug-likeness (QED) is 0.152. The number of nitrogens with zero attached hydrogens (tertiary/aromatic N) is 1. The number of amides is 6. The molecule has 2 aliphatic rings. The zero-order valence-corrected chi connectivity index (χ0v) is 28.6. The number of Topliss-reactive ketones (excluding diaryl/α,β-unsaturated/α-hetero) is 1. The van der Waals surface area contributed by atoms with E-state index >= 15 is 0 Å². The molecule has 1 heterocycles. The van der Waals surface area contributed by atoms with Crippen LogP contribution in [0.1, 0.15) is 75.2 Å². The van der Waals surface area contributed by atoms with Gasteiger partial charge in [0.05, 0.1) is 12.1 Å². The molecule has 45 heavy (non-hydrogen) atoms. The van der Waals surface area contributed by atoms with Gasteiger partial charge in [-0.15, -0.1) is 6.58 Å².